The smallest absolute Gasteiger partial charge is 0.319 e. The summed E-state index contributed by atoms with van der Waals surface area (Å²) in [5.74, 6) is 0. The molecule has 24 heavy (non-hydrogen) atoms. The Bertz CT molecular complexity index is 586. The first-order valence-corrected chi connectivity index (χ1v) is 8.64. The van der Waals surface area contributed by atoms with Crippen molar-refractivity contribution in [1.82, 2.24) is 10.2 Å². The molecule has 2 N–H and O–H groups in total. The third-order valence-corrected chi connectivity index (χ3v) is 3.84. The minimum atomic E-state index is -0.152. The lowest BCUT2D eigenvalue weighted by atomic mass is 10.1. The summed E-state index contributed by atoms with van der Waals surface area (Å²) in [4.78, 5) is 14.3. The number of nitrogens with zero attached hydrogens (tertiary/aromatic N) is 1. The highest BCUT2D eigenvalue weighted by atomic mass is 16.2. The average molecular weight is 325 g/mol. The van der Waals surface area contributed by atoms with Crippen molar-refractivity contribution >= 4 is 11.7 Å². The van der Waals surface area contributed by atoms with Crippen molar-refractivity contribution < 1.29 is 4.79 Å². The summed E-state index contributed by atoms with van der Waals surface area (Å²) >= 11 is 0. The maximum atomic E-state index is 11.9. The molecular formula is C20H27N3O. The van der Waals surface area contributed by atoms with Gasteiger partial charge in [-0.2, -0.15) is 0 Å². The fourth-order valence-corrected chi connectivity index (χ4v) is 2.61. The number of hydrogen-bond donors (Lipinski definition) is 2. The average Bonchev–Trinajstić information content (AvgIpc) is 2.61. The topological polar surface area (TPSA) is 44.4 Å². The van der Waals surface area contributed by atoms with E-state index in [1.165, 1.54) is 5.56 Å². The van der Waals surface area contributed by atoms with E-state index in [1.807, 2.05) is 36.4 Å². The molecule has 0 aliphatic rings. The molecular weight excluding hydrogens is 298 g/mol. The first kappa shape index (κ1) is 18.0. The second-order valence-corrected chi connectivity index (χ2v) is 5.82. The molecule has 0 radical (unpaired) electrons. The van der Waals surface area contributed by atoms with Gasteiger partial charge in [-0.15, -0.1) is 0 Å². The number of rotatable bonds is 9. The maximum Gasteiger partial charge on any atom is 0.319 e. The van der Waals surface area contributed by atoms with Gasteiger partial charge in [0.1, 0.15) is 0 Å². The molecule has 0 atom stereocenters. The fraction of sp³-hybridized carbons (Fsp3) is 0.350. The molecule has 0 bridgehead atoms. The summed E-state index contributed by atoms with van der Waals surface area (Å²) in [6, 6.07) is 19.9. The fourth-order valence-electron chi connectivity index (χ4n) is 2.61. The zero-order chi connectivity index (χ0) is 17.0. The van der Waals surface area contributed by atoms with Crippen LogP contribution >= 0.6 is 0 Å². The predicted molar refractivity (Wildman–Crippen MR) is 100 cm³/mol. The van der Waals surface area contributed by atoms with Crippen molar-refractivity contribution in [3.8, 4) is 0 Å². The number of carbonyl (C=O) groups is 1. The Morgan fingerprint density at radius 1 is 0.917 bits per heavy atom. The molecule has 0 unspecified atom stereocenters. The molecule has 2 aromatic carbocycles. The van der Waals surface area contributed by atoms with Crippen molar-refractivity contribution in [3.05, 3.63) is 66.2 Å². The van der Waals surface area contributed by atoms with Crippen LogP contribution in [-0.4, -0.2) is 37.1 Å². The van der Waals surface area contributed by atoms with Crippen molar-refractivity contribution in [1.29, 1.82) is 0 Å². The van der Waals surface area contributed by atoms with Crippen molar-refractivity contribution in [2.24, 2.45) is 0 Å². The van der Waals surface area contributed by atoms with E-state index in [2.05, 4.69) is 46.7 Å². The standard InChI is InChI=1S/C20H27N3O/c1-2-15-23(16-13-18-9-5-3-6-10-18)17-14-21-20(24)22-19-11-7-4-8-12-19/h3-12H,2,13-17H2,1H3,(H2,21,22,24). The van der Waals surface area contributed by atoms with Gasteiger partial charge in [-0.3, -0.25) is 0 Å². The summed E-state index contributed by atoms with van der Waals surface area (Å²) < 4.78 is 0. The van der Waals surface area contributed by atoms with Gasteiger partial charge in [-0.1, -0.05) is 55.5 Å². The molecule has 0 fully saturated rings. The maximum absolute atomic E-state index is 11.9. The van der Waals surface area contributed by atoms with Crippen LogP contribution in [0.4, 0.5) is 10.5 Å². The van der Waals surface area contributed by atoms with Gasteiger partial charge in [0.05, 0.1) is 0 Å². The predicted octanol–water partition coefficient (Wildman–Crippen LogP) is 3.76. The number of urea groups is 1. The summed E-state index contributed by atoms with van der Waals surface area (Å²) in [6.45, 7) is 5.76. The van der Waals surface area contributed by atoms with E-state index in [9.17, 15) is 4.79 Å². The zero-order valence-corrected chi connectivity index (χ0v) is 14.4. The van der Waals surface area contributed by atoms with E-state index in [1.54, 1.807) is 0 Å². The Labute approximate surface area is 144 Å². The number of nitrogens with one attached hydrogen (secondary N) is 2. The van der Waals surface area contributed by atoms with Crippen molar-refractivity contribution in [2.75, 3.05) is 31.5 Å². The quantitative estimate of drug-likeness (QED) is 0.737. The minimum Gasteiger partial charge on any atom is -0.337 e. The van der Waals surface area contributed by atoms with Crippen LogP contribution < -0.4 is 10.6 Å². The monoisotopic (exact) mass is 325 g/mol. The number of carbonyl (C=O) groups excluding carboxylic acids is 1. The highest BCUT2D eigenvalue weighted by Gasteiger charge is 2.06. The van der Waals surface area contributed by atoms with E-state index in [0.717, 1.165) is 38.2 Å². The van der Waals surface area contributed by atoms with E-state index < -0.39 is 0 Å². The molecule has 0 spiro atoms. The summed E-state index contributed by atoms with van der Waals surface area (Å²) in [5.41, 5.74) is 2.16. The van der Waals surface area contributed by atoms with Crippen LogP contribution in [-0.2, 0) is 6.42 Å². The Morgan fingerprint density at radius 2 is 1.58 bits per heavy atom. The normalized spacial score (nSPS) is 10.6. The summed E-state index contributed by atoms with van der Waals surface area (Å²) in [7, 11) is 0. The van der Waals surface area contributed by atoms with Gasteiger partial charge in [-0.25, -0.2) is 4.79 Å². The summed E-state index contributed by atoms with van der Waals surface area (Å²) in [5, 5.41) is 5.76. The van der Waals surface area contributed by atoms with Crippen LogP contribution in [0.15, 0.2) is 60.7 Å². The van der Waals surface area contributed by atoms with Crippen LogP contribution in [0.25, 0.3) is 0 Å². The zero-order valence-electron chi connectivity index (χ0n) is 14.4. The largest absolute Gasteiger partial charge is 0.337 e. The summed E-state index contributed by atoms with van der Waals surface area (Å²) in [6.07, 6.45) is 2.15. The van der Waals surface area contributed by atoms with Gasteiger partial charge < -0.3 is 15.5 Å². The number of hydrogen-bond acceptors (Lipinski definition) is 2. The van der Waals surface area contributed by atoms with Crippen LogP contribution in [0.3, 0.4) is 0 Å². The second kappa shape index (κ2) is 10.4. The molecule has 4 nitrogen and oxygen atoms in total. The molecule has 4 heteroatoms. The first-order valence-electron chi connectivity index (χ1n) is 8.64. The van der Waals surface area contributed by atoms with Crippen molar-refractivity contribution in [3.63, 3.8) is 0 Å². The second-order valence-electron chi connectivity index (χ2n) is 5.82. The molecule has 0 heterocycles. The highest BCUT2D eigenvalue weighted by Crippen LogP contribution is 2.04. The molecule has 0 aromatic heterocycles. The molecule has 2 aromatic rings. The Hall–Kier alpha value is -2.33. The lowest BCUT2D eigenvalue weighted by Gasteiger charge is -2.22. The molecule has 0 aliphatic heterocycles. The first-order chi connectivity index (χ1) is 11.8. The molecule has 0 aliphatic carbocycles. The number of anilines is 1. The van der Waals surface area contributed by atoms with Gasteiger partial charge in [-0.05, 0) is 37.1 Å². The lowest BCUT2D eigenvalue weighted by Crippen LogP contribution is -2.38. The molecule has 2 amide bonds. The van der Waals surface area contributed by atoms with Gasteiger partial charge in [0.2, 0.25) is 0 Å². The van der Waals surface area contributed by atoms with E-state index in [4.69, 9.17) is 0 Å². The number of para-hydroxylation sites is 1. The van der Waals surface area contributed by atoms with Gasteiger partial charge >= 0.3 is 6.03 Å². The number of benzene rings is 2. The lowest BCUT2D eigenvalue weighted by molar-refractivity contribution is 0.245. The molecule has 2 rings (SSSR count). The molecule has 0 saturated carbocycles. The van der Waals surface area contributed by atoms with Crippen LogP contribution in [0.5, 0.6) is 0 Å². The third kappa shape index (κ3) is 6.84. The van der Waals surface area contributed by atoms with E-state index in [0.29, 0.717) is 6.54 Å². The highest BCUT2D eigenvalue weighted by molar-refractivity contribution is 5.89. The van der Waals surface area contributed by atoms with Gasteiger partial charge in [0.25, 0.3) is 0 Å². The minimum absolute atomic E-state index is 0.152. The molecule has 0 saturated heterocycles. The Kier molecular flexibility index (Phi) is 7.84. The van der Waals surface area contributed by atoms with Crippen LogP contribution in [0.2, 0.25) is 0 Å². The van der Waals surface area contributed by atoms with Gasteiger partial charge in [0.15, 0.2) is 0 Å². The Morgan fingerprint density at radius 3 is 2.25 bits per heavy atom. The van der Waals surface area contributed by atoms with Crippen LogP contribution in [0.1, 0.15) is 18.9 Å². The third-order valence-electron chi connectivity index (χ3n) is 3.84. The Balaban J connectivity index is 1.69. The van der Waals surface area contributed by atoms with Gasteiger partial charge in [0, 0.05) is 25.3 Å². The van der Waals surface area contributed by atoms with E-state index >= 15 is 0 Å². The van der Waals surface area contributed by atoms with Crippen LogP contribution in [0, 0.1) is 0 Å². The molecule has 128 valence electrons. The van der Waals surface area contributed by atoms with E-state index in [-0.39, 0.29) is 6.03 Å². The van der Waals surface area contributed by atoms with Crippen molar-refractivity contribution in [2.45, 2.75) is 19.8 Å². The SMILES string of the molecule is CCCN(CCNC(=O)Nc1ccccc1)CCc1ccccc1. The number of amides is 2.